The molecule has 0 saturated heterocycles. The number of rotatable bonds is 5. The van der Waals surface area contributed by atoms with E-state index in [-0.39, 0.29) is 10.8 Å². The normalized spacial score (nSPS) is 12.2. The van der Waals surface area contributed by atoms with Gasteiger partial charge in [-0.2, -0.15) is 0 Å². The van der Waals surface area contributed by atoms with Crippen LogP contribution in [0.3, 0.4) is 0 Å². The largest absolute Gasteiger partial charge is 0.309 e. The van der Waals surface area contributed by atoms with Crippen LogP contribution in [-0.2, 0) is 10.8 Å². The number of anilines is 3. The van der Waals surface area contributed by atoms with Gasteiger partial charge in [-0.3, -0.25) is 0 Å². The van der Waals surface area contributed by atoms with Crippen LogP contribution in [0.5, 0.6) is 0 Å². The molecule has 0 spiro atoms. The molecule has 0 radical (unpaired) electrons. The molecule has 1 nitrogen and oxygen atoms in total. The highest BCUT2D eigenvalue weighted by molar-refractivity contribution is 6.24. The predicted molar refractivity (Wildman–Crippen MR) is 262 cm³/mol. The Balaban J connectivity index is 1.23. The summed E-state index contributed by atoms with van der Waals surface area (Å²) >= 11 is 0. The lowest BCUT2D eigenvalue weighted by Crippen LogP contribution is -2.15. The van der Waals surface area contributed by atoms with E-state index in [9.17, 15) is 0 Å². The maximum Gasteiger partial charge on any atom is 0.0618 e. The average molecular weight is 774 g/mol. The number of benzene rings is 10. The zero-order chi connectivity index (χ0) is 41.3. The van der Waals surface area contributed by atoms with E-state index in [0.717, 1.165) is 11.4 Å². The average Bonchev–Trinajstić information content (AvgIpc) is 3.25. The van der Waals surface area contributed by atoms with Crippen molar-refractivity contribution in [3.8, 4) is 22.3 Å². The minimum Gasteiger partial charge on any atom is -0.309 e. The van der Waals surface area contributed by atoms with Gasteiger partial charge in [-0.1, -0.05) is 187 Å². The molecule has 0 aromatic heterocycles. The number of nitrogens with zero attached hydrogens (tertiary/aromatic N) is 1. The van der Waals surface area contributed by atoms with Gasteiger partial charge in [-0.15, -0.1) is 0 Å². The molecule has 0 amide bonds. The van der Waals surface area contributed by atoms with Crippen LogP contribution in [0.15, 0.2) is 182 Å². The summed E-state index contributed by atoms with van der Waals surface area (Å²) in [7, 11) is 0. The lowest BCUT2D eigenvalue weighted by molar-refractivity contribution is 0.590. The molecular formula is C59H51N. The van der Waals surface area contributed by atoms with Crippen LogP contribution in [0, 0.1) is 6.92 Å². The molecule has 0 saturated carbocycles. The van der Waals surface area contributed by atoms with Crippen molar-refractivity contribution < 1.29 is 0 Å². The fourth-order valence-corrected chi connectivity index (χ4v) is 9.49. The van der Waals surface area contributed by atoms with E-state index in [4.69, 9.17) is 0 Å². The molecule has 0 heterocycles. The van der Waals surface area contributed by atoms with Gasteiger partial charge < -0.3 is 4.90 Å². The highest BCUT2D eigenvalue weighted by Gasteiger charge is 2.24. The van der Waals surface area contributed by atoms with E-state index in [2.05, 4.69) is 235 Å². The molecule has 1 heteroatoms. The van der Waals surface area contributed by atoms with Crippen molar-refractivity contribution in [3.05, 3.63) is 199 Å². The van der Waals surface area contributed by atoms with Crippen molar-refractivity contribution in [2.75, 3.05) is 4.90 Å². The summed E-state index contributed by atoms with van der Waals surface area (Å²) in [5, 5.41) is 12.6. The summed E-state index contributed by atoms with van der Waals surface area (Å²) in [4.78, 5) is 2.49. The minimum atomic E-state index is 0.0545. The SMILES string of the molecule is Cc1cc(-c2c3ccccc3c(N(c3ccc(C(C)(C)C)cc3)c3ccc(C(C)(C)C)cc3)c3ccccc23)cc(-c2cc3ccc4ccccc4c3c3ccccc23)c1. The lowest BCUT2D eigenvalue weighted by atomic mass is 9.85. The van der Waals surface area contributed by atoms with Gasteiger partial charge in [-0.05, 0) is 136 Å². The van der Waals surface area contributed by atoms with Crippen molar-refractivity contribution in [2.45, 2.75) is 59.3 Å². The fraction of sp³-hybridized carbons (Fsp3) is 0.153. The highest BCUT2D eigenvalue weighted by atomic mass is 15.1. The van der Waals surface area contributed by atoms with Crippen molar-refractivity contribution in [1.29, 1.82) is 0 Å². The first-order chi connectivity index (χ1) is 28.9. The topological polar surface area (TPSA) is 3.24 Å². The van der Waals surface area contributed by atoms with Gasteiger partial charge >= 0.3 is 0 Å². The van der Waals surface area contributed by atoms with E-state index >= 15 is 0 Å². The minimum absolute atomic E-state index is 0.0545. The Kier molecular flexibility index (Phi) is 8.92. The van der Waals surface area contributed by atoms with Crippen molar-refractivity contribution in [3.63, 3.8) is 0 Å². The summed E-state index contributed by atoms with van der Waals surface area (Å²) in [6.07, 6.45) is 0. The Bertz CT molecular complexity index is 3150. The molecular weight excluding hydrogens is 723 g/mol. The van der Waals surface area contributed by atoms with E-state index in [1.165, 1.54) is 98.5 Å². The number of fused-ring (bicyclic) bond motifs is 7. The Morgan fingerprint density at radius 2 is 0.817 bits per heavy atom. The second-order valence-electron chi connectivity index (χ2n) is 18.7. The maximum absolute atomic E-state index is 2.49. The van der Waals surface area contributed by atoms with Gasteiger partial charge in [0.15, 0.2) is 0 Å². The van der Waals surface area contributed by atoms with Gasteiger partial charge in [0.05, 0.1) is 5.69 Å². The van der Waals surface area contributed by atoms with Crippen LogP contribution in [-0.4, -0.2) is 0 Å². The van der Waals surface area contributed by atoms with Crippen molar-refractivity contribution in [1.82, 2.24) is 0 Å². The zero-order valence-corrected chi connectivity index (χ0v) is 35.8. The first-order valence-corrected chi connectivity index (χ1v) is 21.3. The number of hydrogen-bond acceptors (Lipinski definition) is 1. The summed E-state index contributed by atoms with van der Waals surface area (Å²) in [6.45, 7) is 15.9. The highest BCUT2D eigenvalue weighted by Crippen LogP contribution is 2.49. The van der Waals surface area contributed by atoms with Crippen LogP contribution < -0.4 is 4.90 Å². The van der Waals surface area contributed by atoms with Gasteiger partial charge in [0.2, 0.25) is 0 Å². The molecule has 0 fully saturated rings. The smallest absolute Gasteiger partial charge is 0.0618 e. The third-order valence-corrected chi connectivity index (χ3v) is 12.5. The standard InChI is InChI=1S/C59H51N/c1-38-34-41(54-37-40-25-24-39-16-8-9-17-47(39)55(40)49-19-11-10-18-48(49)54)36-42(35-38)56-50-20-12-14-22-52(50)57(53-23-15-13-21-51(53)56)60(45-30-26-43(27-31-45)58(2,3)4)46-32-28-44(29-33-46)59(5,6)7/h8-37H,1-7H3. The van der Waals surface area contributed by atoms with Crippen LogP contribution >= 0.6 is 0 Å². The third-order valence-electron chi connectivity index (χ3n) is 12.5. The predicted octanol–water partition coefficient (Wildman–Crippen LogP) is 17.2. The van der Waals surface area contributed by atoms with E-state index in [0.29, 0.717) is 0 Å². The molecule has 0 aliphatic rings. The van der Waals surface area contributed by atoms with Gasteiger partial charge in [0.1, 0.15) is 0 Å². The Hall–Kier alpha value is -6.70. The van der Waals surface area contributed by atoms with E-state index in [1.807, 2.05) is 0 Å². The van der Waals surface area contributed by atoms with Crippen LogP contribution in [0.1, 0.15) is 58.2 Å². The van der Waals surface area contributed by atoms with E-state index < -0.39 is 0 Å². The molecule has 0 N–H and O–H groups in total. The summed E-state index contributed by atoms with van der Waals surface area (Å²) in [6, 6.07) is 68.4. The zero-order valence-electron chi connectivity index (χ0n) is 35.8. The molecule has 0 unspecified atom stereocenters. The summed E-state index contributed by atoms with van der Waals surface area (Å²) < 4.78 is 0. The Labute approximate surface area is 354 Å². The monoisotopic (exact) mass is 773 g/mol. The molecule has 292 valence electrons. The molecule has 60 heavy (non-hydrogen) atoms. The molecule has 0 aliphatic carbocycles. The molecule has 10 aromatic carbocycles. The molecule has 0 atom stereocenters. The van der Waals surface area contributed by atoms with Crippen LogP contribution in [0.2, 0.25) is 0 Å². The first-order valence-electron chi connectivity index (χ1n) is 21.3. The van der Waals surface area contributed by atoms with Gasteiger partial charge in [-0.25, -0.2) is 0 Å². The van der Waals surface area contributed by atoms with E-state index in [1.54, 1.807) is 0 Å². The second-order valence-corrected chi connectivity index (χ2v) is 18.7. The first kappa shape index (κ1) is 37.6. The number of aryl methyl sites for hydroxylation is 1. The molecule has 10 rings (SSSR count). The van der Waals surface area contributed by atoms with Crippen LogP contribution in [0.25, 0.3) is 76.1 Å². The van der Waals surface area contributed by atoms with Gasteiger partial charge in [0, 0.05) is 22.1 Å². The van der Waals surface area contributed by atoms with Crippen molar-refractivity contribution in [2.24, 2.45) is 0 Å². The molecule has 0 aliphatic heterocycles. The Morgan fingerprint density at radius 1 is 0.367 bits per heavy atom. The molecule has 0 bridgehead atoms. The van der Waals surface area contributed by atoms with Crippen LogP contribution in [0.4, 0.5) is 17.1 Å². The lowest BCUT2D eigenvalue weighted by Gasteiger charge is -2.31. The fourth-order valence-electron chi connectivity index (χ4n) is 9.49. The molecule has 10 aromatic rings. The quantitative estimate of drug-likeness (QED) is 0.124. The number of hydrogen-bond donors (Lipinski definition) is 0. The van der Waals surface area contributed by atoms with Crippen molar-refractivity contribution >= 4 is 70.9 Å². The summed E-state index contributed by atoms with van der Waals surface area (Å²) in [5.74, 6) is 0. The second kappa shape index (κ2) is 14.2. The summed E-state index contributed by atoms with van der Waals surface area (Å²) in [5.41, 5.74) is 12.4. The van der Waals surface area contributed by atoms with Gasteiger partial charge in [0.25, 0.3) is 0 Å². The Morgan fingerprint density at radius 3 is 1.37 bits per heavy atom. The maximum atomic E-state index is 2.49. The third kappa shape index (κ3) is 6.41.